The van der Waals surface area contributed by atoms with E-state index in [-0.39, 0.29) is 0 Å². The maximum Gasteiger partial charge on any atom is 0.145 e. The highest BCUT2D eigenvalue weighted by molar-refractivity contribution is 5.49. The van der Waals surface area contributed by atoms with Crippen LogP contribution in [0.15, 0.2) is 122 Å². The van der Waals surface area contributed by atoms with Gasteiger partial charge in [-0.15, -0.1) is 0 Å². The normalized spacial score (nSPS) is 10.2. The lowest BCUT2D eigenvalue weighted by molar-refractivity contribution is 0.476. The quantitative estimate of drug-likeness (QED) is 0.183. The molecule has 2 aromatic heterocycles. The first-order valence-corrected chi connectivity index (χ1v) is 14.0. The summed E-state index contributed by atoms with van der Waals surface area (Å²) >= 11 is 0. The Morgan fingerprint density at radius 1 is 0.636 bits per heavy atom. The van der Waals surface area contributed by atoms with Crippen LogP contribution in [0.4, 0.5) is 0 Å². The Morgan fingerprint density at radius 2 is 1.23 bits per heavy atom. The number of rotatable bonds is 8. The monoisotopic (exact) mass is 578 g/mol. The molecule has 4 aromatic carbocycles. The predicted molar refractivity (Wildman–Crippen MR) is 167 cm³/mol. The van der Waals surface area contributed by atoms with Crippen molar-refractivity contribution in [2.24, 2.45) is 0 Å². The van der Waals surface area contributed by atoms with Crippen molar-refractivity contribution in [3.8, 4) is 35.1 Å². The third kappa shape index (κ3) is 7.79. The lowest BCUT2D eigenvalue weighted by atomic mass is 10.1. The Hall–Kier alpha value is -6.12. The SMILES string of the molecule is Cc1cccc(Oc2cc(Cn3ccnc3)ccc2C#N)c1.Cc1ccccc1Oc1cc(Cn2ccnc2)ccc1C#N. The van der Waals surface area contributed by atoms with Gasteiger partial charge in [-0.2, -0.15) is 10.5 Å². The van der Waals surface area contributed by atoms with Gasteiger partial charge in [0.1, 0.15) is 35.1 Å². The summed E-state index contributed by atoms with van der Waals surface area (Å²) in [4.78, 5) is 8.06. The average Bonchev–Trinajstić information content (AvgIpc) is 3.74. The molecule has 0 aliphatic rings. The average molecular weight is 579 g/mol. The first-order chi connectivity index (χ1) is 21.5. The number of para-hydroxylation sites is 1. The summed E-state index contributed by atoms with van der Waals surface area (Å²) in [6, 6.07) is 31.2. The van der Waals surface area contributed by atoms with Crippen LogP contribution in [-0.2, 0) is 13.1 Å². The minimum absolute atomic E-state index is 0.524. The molecule has 0 amide bonds. The topological polar surface area (TPSA) is 102 Å². The number of aryl methyl sites for hydroxylation is 2. The van der Waals surface area contributed by atoms with Gasteiger partial charge in [0.05, 0.1) is 23.8 Å². The van der Waals surface area contributed by atoms with E-state index in [4.69, 9.17) is 9.47 Å². The maximum atomic E-state index is 9.27. The first-order valence-electron chi connectivity index (χ1n) is 14.0. The van der Waals surface area contributed by atoms with Crippen LogP contribution in [-0.4, -0.2) is 19.1 Å². The summed E-state index contributed by atoms with van der Waals surface area (Å²) in [7, 11) is 0. The van der Waals surface area contributed by atoms with Crippen LogP contribution < -0.4 is 9.47 Å². The van der Waals surface area contributed by atoms with Crippen LogP contribution in [0, 0.1) is 36.5 Å². The lowest BCUT2D eigenvalue weighted by Gasteiger charge is -2.11. The van der Waals surface area contributed by atoms with Gasteiger partial charge in [-0.05, 0) is 78.6 Å². The number of imidazole rings is 2. The fourth-order valence-electron chi connectivity index (χ4n) is 4.46. The molecule has 0 aliphatic carbocycles. The molecule has 8 heteroatoms. The second-order valence-electron chi connectivity index (χ2n) is 10.1. The maximum absolute atomic E-state index is 9.27. The standard InChI is InChI=1S/2C18H15N3O/c1-14-3-2-4-17(9-14)22-18-10-15(5-6-16(18)11-19)12-21-8-7-20-13-21;1-14-4-2-3-5-17(14)22-18-10-15(6-7-16(18)11-19)12-21-9-8-20-13-21/h2*2-10,13H,12H2,1H3. The van der Waals surface area contributed by atoms with Crippen LogP contribution in [0.3, 0.4) is 0 Å². The van der Waals surface area contributed by atoms with E-state index in [1.54, 1.807) is 37.2 Å². The van der Waals surface area contributed by atoms with Crippen molar-refractivity contribution in [3.63, 3.8) is 0 Å². The lowest BCUT2D eigenvalue weighted by Crippen LogP contribution is -1.98. The number of benzene rings is 4. The second kappa shape index (κ2) is 14.2. The van der Waals surface area contributed by atoms with Crippen molar-refractivity contribution in [2.45, 2.75) is 26.9 Å². The summed E-state index contributed by atoms with van der Waals surface area (Å²) in [5.41, 5.74) is 5.31. The molecule has 0 saturated heterocycles. The summed E-state index contributed by atoms with van der Waals surface area (Å²) in [5.74, 6) is 2.65. The Kier molecular flexibility index (Phi) is 9.46. The predicted octanol–water partition coefficient (Wildman–Crippen LogP) is 7.81. The fraction of sp³-hybridized carbons (Fsp3) is 0.111. The molecule has 216 valence electrons. The molecule has 0 saturated carbocycles. The highest BCUT2D eigenvalue weighted by Crippen LogP contribution is 2.29. The molecule has 0 radical (unpaired) electrons. The van der Waals surface area contributed by atoms with E-state index >= 15 is 0 Å². The van der Waals surface area contributed by atoms with E-state index in [0.29, 0.717) is 35.7 Å². The number of nitrogens with zero attached hydrogens (tertiary/aromatic N) is 6. The number of hydrogen-bond donors (Lipinski definition) is 0. The molecule has 0 N–H and O–H groups in total. The molecule has 0 unspecified atom stereocenters. The Morgan fingerprint density at radius 3 is 1.75 bits per heavy atom. The molecule has 6 aromatic rings. The van der Waals surface area contributed by atoms with Gasteiger partial charge in [-0.25, -0.2) is 9.97 Å². The molecule has 8 nitrogen and oxygen atoms in total. The zero-order chi connectivity index (χ0) is 30.7. The van der Waals surface area contributed by atoms with E-state index in [1.165, 1.54) is 0 Å². The molecular weight excluding hydrogens is 548 g/mol. The minimum Gasteiger partial charge on any atom is -0.456 e. The van der Waals surface area contributed by atoms with Gasteiger partial charge in [-0.1, -0.05) is 42.5 Å². The highest BCUT2D eigenvalue weighted by atomic mass is 16.5. The van der Waals surface area contributed by atoms with Crippen LogP contribution in [0.1, 0.15) is 33.4 Å². The van der Waals surface area contributed by atoms with Crippen LogP contribution in [0.25, 0.3) is 0 Å². The third-order valence-corrected chi connectivity index (χ3v) is 6.71. The first kappa shape index (κ1) is 29.4. The zero-order valence-corrected chi connectivity index (χ0v) is 24.5. The molecule has 44 heavy (non-hydrogen) atoms. The van der Waals surface area contributed by atoms with Crippen LogP contribution >= 0.6 is 0 Å². The van der Waals surface area contributed by atoms with Crippen molar-refractivity contribution in [1.29, 1.82) is 10.5 Å². The Labute approximate surface area is 256 Å². The number of nitriles is 2. The van der Waals surface area contributed by atoms with E-state index in [1.807, 2.05) is 108 Å². The molecule has 0 atom stereocenters. The van der Waals surface area contributed by atoms with Gasteiger partial charge < -0.3 is 18.6 Å². The van der Waals surface area contributed by atoms with Crippen molar-refractivity contribution in [2.75, 3.05) is 0 Å². The van der Waals surface area contributed by atoms with E-state index < -0.39 is 0 Å². The molecular formula is C36H30N6O2. The van der Waals surface area contributed by atoms with Crippen molar-refractivity contribution < 1.29 is 9.47 Å². The van der Waals surface area contributed by atoms with Gasteiger partial charge in [0.15, 0.2) is 0 Å². The smallest absolute Gasteiger partial charge is 0.145 e. The van der Waals surface area contributed by atoms with E-state index in [0.717, 1.165) is 33.8 Å². The highest BCUT2D eigenvalue weighted by Gasteiger charge is 2.09. The van der Waals surface area contributed by atoms with Crippen molar-refractivity contribution in [1.82, 2.24) is 19.1 Å². The summed E-state index contributed by atoms with van der Waals surface area (Å²) in [6.45, 7) is 5.37. The van der Waals surface area contributed by atoms with E-state index in [9.17, 15) is 10.5 Å². The fourth-order valence-corrected chi connectivity index (χ4v) is 4.46. The van der Waals surface area contributed by atoms with Gasteiger partial charge in [0.25, 0.3) is 0 Å². The number of aromatic nitrogens is 4. The Bertz CT molecular complexity index is 1920. The molecule has 2 heterocycles. The zero-order valence-electron chi connectivity index (χ0n) is 24.5. The Balaban J connectivity index is 0.000000175. The molecule has 0 fully saturated rings. The van der Waals surface area contributed by atoms with Crippen LogP contribution in [0.5, 0.6) is 23.0 Å². The minimum atomic E-state index is 0.524. The third-order valence-electron chi connectivity index (χ3n) is 6.71. The molecule has 0 aliphatic heterocycles. The number of hydrogen-bond acceptors (Lipinski definition) is 6. The number of ether oxygens (including phenoxy) is 2. The molecule has 0 bridgehead atoms. The summed E-state index contributed by atoms with van der Waals surface area (Å²) in [5, 5.41) is 18.5. The van der Waals surface area contributed by atoms with Crippen molar-refractivity contribution >= 4 is 0 Å². The van der Waals surface area contributed by atoms with Gasteiger partial charge in [0, 0.05) is 37.9 Å². The van der Waals surface area contributed by atoms with Gasteiger partial charge in [0.2, 0.25) is 0 Å². The largest absolute Gasteiger partial charge is 0.456 e. The van der Waals surface area contributed by atoms with Crippen molar-refractivity contribution in [3.05, 3.63) is 156 Å². The molecule has 6 rings (SSSR count). The van der Waals surface area contributed by atoms with Crippen LogP contribution in [0.2, 0.25) is 0 Å². The molecule has 0 spiro atoms. The second-order valence-corrected chi connectivity index (χ2v) is 10.1. The van der Waals surface area contributed by atoms with Gasteiger partial charge >= 0.3 is 0 Å². The van der Waals surface area contributed by atoms with Gasteiger partial charge in [-0.3, -0.25) is 0 Å². The van der Waals surface area contributed by atoms with E-state index in [2.05, 4.69) is 22.1 Å². The summed E-state index contributed by atoms with van der Waals surface area (Å²) in [6.07, 6.45) is 10.8. The summed E-state index contributed by atoms with van der Waals surface area (Å²) < 4.78 is 15.8.